The topological polar surface area (TPSA) is 59.2 Å². The first kappa shape index (κ1) is 12.8. The van der Waals surface area contributed by atoms with Gasteiger partial charge in [-0.05, 0) is 32.2 Å². The molecule has 19 heavy (non-hydrogen) atoms. The Morgan fingerprint density at radius 2 is 2.21 bits per heavy atom. The van der Waals surface area contributed by atoms with E-state index in [0.29, 0.717) is 24.3 Å². The van der Waals surface area contributed by atoms with Crippen LogP contribution in [0.15, 0.2) is 4.52 Å². The fraction of sp³-hybridized carbons (Fsp3) is 0.786. The normalized spacial score (nSPS) is 29.0. The second-order valence-electron chi connectivity index (χ2n) is 5.73. The summed E-state index contributed by atoms with van der Waals surface area (Å²) in [5.74, 6) is 2.06. The Labute approximate surface area is 113 Å². The molecular weight excluding hydrogens is 242 g/mol. The number of carbonyl (C=O) groups excluding carboxylic acids is 1. The molecule has 5 heteroatoms. The van der Waals surface area contributed by atoms with Crippen molar-refractivity contribution in [1.29, 1.82) is 0 Å². The second kappa shape index (κ2) is 5.41. The van der Waals surface area contributed by atoms with Crippen molar-refractivity contribution < 1.29 is 9.32 Å². The van der Waals surface area contributed by atoms with Crippen LogP contribution < -0.4 is 0 Å². The molecule has 1 aromatic heterocycles. The maximum Gasteiger partial charge on any atom is 0.223 e. The maximum atomic E-state index is 12.0. The Morgan fingerprint density at radius 3 is 2.89 bits per heavy atom. The molecule has 1 aromatic rings. The predicted molar refractivity (Wildman–Crippen MR) is 69.4 cm³/mol. The number of carbonyl (C=O) groups is 1. The summed E-state index contributed by atoms with van der Waals surface area (Å²) in [6, 6.07) is 0.391. The zero-order valence-corrected chi connectivity index (χ0v) is 11.5. The zero-order valence-electron chi connectivity index (χ0n) is 11.5. The number of ketones is 1. The molecule has 0 radical (unpaired) electrons. The van der Waals surface area contributed by atoms with Gasteiger partial charge < -0.3 is 4.52 Å². The minimum atomic E-state index is 0.244. The van der Waals surface area contributed by atoms with Gasteiger partial charge in [0, 0.05) is 25.3 Å². The van der Waals surface area contributed by atoms with E-state index in [9.17, 15) is 4.79 Å². The first-order chi connectivity index (χ1) is 9.24. The lowest BCUT2D eigenvalue weighted by atomic mass is 9.88. The molecular formula is C14H21N3O2. The number of rotatable bonds is 3. The third-order valence-electron chi connectivity index (χ3n) is 4.39. The Bertz CT molecular complexity index is 457. The van der Waals surface area contributed by atoms with Crippen molar-refractivity contribution in [2.75, 3.05) is 6.54 Å². The molecule has 5 nitrogen and oxygen atoms in total. The van der Waals surface area contributed by atoms with E-state index in [1.807, 2.05) is 6.92 Å². The van der Waals surface area contributed by atoms with E-state index in [1.54, 1.807) is 0 Å². The van der Waals surface area contributed by atoms with E-state index in [-0.39, 0.29) is 5.92 Å². The van der Waals surface area contributed by atoms with Crippen LogP contribution in [0.5, 0.6) is 0 Å². The highest BCUT2D eigenvalue weighted by Gasteiger charge is 2.37. The Morgan fingerprint density at radius 1 is 1.32 bits per heavy atom. The molecule has 2 atom stereocenters. The summed E-state index contributed by atoms with van der Waals surface area (Å²) < 4.78 is 5.03. The maximum absolute atomic E-state index is 12.0. The summed E-state index contributed by atoms with van der Waals surface area (Å²) in [7, 11) is 0. The highest BCUT2D eigenvalue weighted by molar-refractivity contribution is 5.83. The SMILES string of the molecule is Cc1nc(CN2CCCCC2C2CCCC2=O)no1. The lowest BCUT2D eigenvalue weighted by Crippen LogP contribution is -2.45. The van der Waals surface area contributed by atoms with Gasteiger partial charge in [0.15, 0.2) is 5.82 Å². The zero-order chi connectivity index (χ0) is 13.2. The fourth-order valence-corrected chi connectivity index (χ4v) is 3.51. The van der Waals surface area contributed by atoms with Gasteiger partial charge in [-0.15, -0.1) is 0 Å². The van der Waals surface area contributed by atoms with Crippen LogP contribution in [0.3, 0.4) is 0 Å². The van der Waals surface area contributed by atoms with Gasteiger partial charge in [-0.2, -0.15) is 4.98 Å². The summed E-state index contributed by atoms with van der Waals surface area (Å²) in [5.41, 5.74) is 0. The summed E-state index contributed by atoms with van der Waals surface area (Å²) in [4.78, 5) is 18.7. The molecule has 2 heterocycles. The average Bonchev–Trinajstić information content (AvgIpc) is 2.99. The van der Waals surface area contributed by atoms with E-state index in [1.165, 1.54) is 12.8 Å². The number of hydrogen-bond acceptors (Lipinski definition) is 5. The molecule has 0 bridgehead atoms. The average molecular weight is 263 g/mol. The molecule has 0 amide bonds. The van der Waals surface area contributed by atoms with Crippen molar-refractivity contribution in [3.05, 3.63) is 11.7 Å². The number of nitrogens with zero attached hydrogens (tertiary/aromatic N) is 3. The number of piperidine rings is 1. The highest BCUT2D eigenvalue weighted by atomic mass is 16.5. The molecule has 0 spiro atoms. The third kappa shape index (κ3) is 2.71. The van der Waals surface area contributed by atoms with Gasteiger partial charge >= 0.3 is 0 Å². The van der Waals surface area contributed by atoms with Crippen molar-refractivity contribution in [2.24, 2.45) is 5.92 Å². The molecule has 1 aliphatic heterocycles. The Kier molecular flexibility index (Phi) is 3.64. The largest absolute Gasteiger partial charge is 0.340 e. The van der Waals surface area contributed by atoms with Gasteiger partial charge in [-0.1, -0.05) is 11.6 Å². The van der Waals surface area contributed by atoms with Crippen LogP contribution in [-0.4, -0.2) is 33.4 Å². The molecule has 2 fully saturated rings. The van der Waals surface area contributed by atoms with Crippen molar-refractivity contribution >= 4 is 5.78 Å². The summed E-state index contributed by atoms with van der Waals surface area (Å²) in [6.45, 7) is 3.57. The van der Waals surface area contributed by atoms with Gasteiger partial charge in [-0.3, -0.25) is 9.69 Å². The first-order valence-corrected chi connectivity index (χ1v) is 7.30. The van der Waals surface area contributed by atoms with Crippen LogP contribution in [0.25, 0.3) is 0 Å². The molecule has 3 rings (SSSR count). The predicted octanol–water partition coefficient (Wildman–Crippen LogP) is 2.10. The lowest BCUT2D eigenvalue weighted by molar-refractivity contribution is -0.123. The second-order valence-corrected chi connectivity index (χ2v) is 5.73. The van der Waals surface area contributed by atoms with Crippen LogP contribution in [0.2, 0.25) is 0 Å². The number of hydrogen-bond donors (Lipinski definition) is 0. The fourth-order valence-electron chi connectivity index (χ4n) is 3.51. The summed E-state index contributed by atoms with van der Waals surface area (Å²) in [5, 5.41) is 3.98. The van der Waals surface area contributed by atoms with Crippen molar-refractivity contribution in [3.8, 4) is 0 Å². The number of likely N-dealkylation sites (tertiary alicyclic amines) is 1. The van der Waals surface area contributed by atoms with Gasteiger partial charge in [0.05, 0.1) is 6.54 Å². The van der Waals surface area contributed by atoms with Gasteiger partial charge in [0.2, 0.25) is 5.89 Å². The van der Waals surface area contributed by atoms with Crippen molar-refractivity contribution in [3.63, 3.8) is 0 Å². The minimum absolute atomic E-state index is 0.244. The lowest BCUT2D eigenvalue weighted by Gasteiger charge is -2.37. The van der Waals surface area contributed by atoms with E-state index in [0.717, 1.165) is 38.1 Å². The molecule has 1 saturated heterocycles. The molecule has 0 N–H and O–H groups in total. The first-order valence-electron chi connectivity index (χ1n) is 7.30. The van der Waals surface area contributed by atoms with E-state index >= 15 is 0 Å². The number of aromatic nitrogens is 2. The monoisotopic (exact) mass is 263 g/mol. The van der Waals surface area contributed by atoms with Crippen LogP contribution in [0.1, 0.15) is 50.2 Å². The quantitative estimate of drug-likeness (QED) is 0.835. The van der Waals surface area contributed by atoms with Crippen molar-refractivity contribution in [2.45, 2.75) is 58.0 Å². The van der Waals surface area contributed by atoms with Crippen LogP contribution >= 0.6 is 0 Å². The van der Waals surface area contributed by atoms with Gasteiger partial charge in [0.25, 0.3) is 0 Å². The molecule has 1 aliphatic carbocycles. The Balaban J connectivity index is 1.71. The smallest absolute Gasteiger partial charge is 0.223 e. The molecule has 104 valence electrons. The molecule has 0 aromatic carbocycles. The standard InChI is InChI=1S/C14H21N3O2/c1-10-15-14(16-19-10)9-17-8-3-2-6-12(17)11-5-4-7-13(11)18/h11-12H,2-9H2,1H3. The number of aryl methyl sites for hydroxylation is 1. The number of Topliss-reactive ketones (excluding diaryl/α,β-unsaturated/α-hetero) is 1. The Hall–Kier alpha value is -1.23. The van der Waals surface area contributed by atoms with Crippen LogP contribution in [0.4, 0.5) is 0 Å². The molecule has 1 saturated carbocycles. The molecule has 2 aliphatic rings. The van der Waals surface area contributed by atoms with Crippen LogP contribution in [0, 0.1) is 12.8 Å². The van der Waals surface area contributed by atoms with E-state index < -0.39 is 0 Å². The molecule has 2 unspecified atom stereocenters. The summed E-state index contributed by atoms with van der Waals surface area (Å²) >= 11 is 0. The highest BCUT2D eigenvalue weighted by Crippen LogP contribution is 2.33. The summed E-state index contributed by atoms with van der Waals surface area (Å²) in [6.07, 6.45) is 6.47. The minimum Gasteiger partial charge on any atom is -0.340 e. The van der Waals surface area contributed by atoms with Gasteiger partial charge in [-0.25, -0.2) is 0 Å². The van der Waals surface area contributed by atoms with E-state index in [2.05, 4.69) is 15.0 Å². The third-order valence-corrected chi connectivity index (χ3v) is 4.39. The van der Waals surface area contributed by atoms with Gasteiger partial charge in [0.1, 0.15) is 5.78 Å². The van der Waals surface area contributed by atoms with Crippen molar-refractivity contribution in [1.82, 2.24) is 15.0 Å². The van der Waals surface area contributed by atoms with Crippen LogP contribution in [-0.2, 0) is 11.3 Å². The van der Waals surface area contributed by atoms with E-state index in [4.69, 9.17) is 4.52 Å².